The van der Waals surface area contributed by atoms with Crippen LogP contribution in [0.4, 0.5) is 0 Å². The maximum atomic E-state index is 10.4. The molecule has 0 saturated heterocycles. The summed E-state index contributed by atoms with van der Waals surface area (Å²) in [5.41, 5.74) is 7.83. The normalized spacial score (nSPS) is 8.45. The number of esters is 1. The lowest BCUT2D eigenvalue weighted by Gasteiger charge is -1.98. The molecule has 0 aromatic rings. The summed E-state index contributed by atoms with van der Waals surface area (Å²) in [5, 5.41) is 3.20. The van der Waals surface area contributed by atoms with Crippen molar-refractivity contribution in [1.29, 1.82) is 0 Å². The summed E-state index contributed by atoms with van der Waals surface area (Å²) in [6.07, 6.45) is 0. The number of carbonyl (C=O) groups excluding carboxylic acids is 1. The highest BCUT2D eigenvalue weighted by Crippen LogP contribution is 1.79. The van der Waals surface area contributed by atoms with Crippen molar-refractivity contribution in [1.82, 2.24) is 0 Å². The standard InChI is InChI=1S/C5H9N3O3/c1-10-5(9)4-11-3-2-7-8-6/h2-4H2,1H3. The van der Waals surface area contributed by atoms with Gasteiger partial charge in [0.15, 0.2) is 0 Å². The third kappa shape index (κ3) is 6.63. The first-order valence-corrected chi connectivity index (χ1v) is 2.96. The number of azide groups is 1. The average molecular weight is 159 g/mol. The zero-order valence-electron chi connectivity index (χ0n) is 6.19. The van der Waals surface area contributed by atoms with E-state index in [0.717, 1.165) is 0 Å². The van der Waals surface area contributed by atoms with Crippen molar-refractivity contribution >= 4 is 5.97 Å². The lowest BCUT2D eigenvalue weighted by molar-refractivity contribution is -0.145. The Balaban J connectivity index is 3.14. The van der Waals surface area contributed by atoms with Crippen molar-refractivity contribution in [2.24, 2.45) is 5.11 Å². The van der Waals surface area contributed by atoms with Crippen molar-refractivity contribution in [2.75, 3.05) is 26.9 Å². The molecule has 6 nitrogen and oxygen atoms in total. The first-order chi connectivity index (χ1) is 5.31. The van der Waals surface area contributed by atoms with Gasteiger partial charge in [0.2, 0.25) is 0 Å². The Labute approximate surface area is 63.7 Å². The van der Waals surface area contributed by atoms with Crippen molar-refractivity contribution in [3.05, 3.63) is 10.4 Å². The molecule has 0 aliphatic rings. The second-order valence-electron chi connectivity index (χ2n) is 1.58. The molecule has 0 bridgehead atoms. The molecule has 0 heterocycles. The van der Waals surface area contributed by atoms with Gasteiger partial charge in [0.05, 0.1) is 13.7 Å². The lowest BCUT2D eigenvalue weighted by atomic mass is 10.7. The molecule has 0 aliphatic carbocycles. The van der Waals surface area contributed by atoms with Gasteiger partial charge in [-0.25, -0.2) is 4.79 Å². The molecule has 0 N–H and O–H groups in total. The predicted octanol–water partition coefficient (Wildman–Crippen LogP) is 0.486. The lowest BCUT2D eigenvalue weighted by Crippen LogP contribution is -2.11. The van der Waals surface area contributed by atoms with Gasteiger partial charge in [-0.3, -0.25) is 0 Å². The number of hydrogen-bond acceptors (Lipinski definition) is 4. The number of carbonyl (C=O) groups is 1. The largest absolute Gasteiger partial charge is 0.467 e. The summed E-state index contributed by atoms with van der Waals surface area (Å²) in [4.78, 5) is 12.9. The number of ether oxygens (including phenoxy) is 2. The summed E-state index contributed by atoms with van der Waals surface area (Å²) in [5.74, 6) is -0.439. The van der Waals surface area contributed by atoms with Gasteiger partial charge >= 0.3 is 5.97 Å². The van der Waals surface area contributed by atoms with Crippen LogP contribution >= 0.6 is 0 Å². The van der Waals surface area contributed by atoms with E-state index < -0.39 is 5.97 Å². The Hall–Kier alpha value is -1.26. The molecule has 0 rings (SSSR count). The van der Waals surface area contributed by atoms with E-state index in [0.29, 0.717) is 0 Å². The zero-order valence-corrected chi connectivity index (χ0v) is 6.19. The molecule has 0 aromatic heterocycles. The van der Waals surface area contributed by atoms with Gasteiger partial charge in [-0.15, -0.1) is 0 Å². The molecule has 0 atom stereocenters. The monoisotopic (exact) mass is 159 g/mol. The molecule has 6 heteroatoms. The highest BCUT2D eigenvalue weighted by atomic mass is 16.6. The van der Waals surface area contributed by atoms with E-state index in [1.54, 1.807) is 0 Å². The Morgan fingerprint density at radius 2 is 2.45 bits per heavy atom. The van der Waals surface area contributed by atoms with Crippen molar-refractivity contribution in [3.8, 4) is 0 Å². The molecule has 11 heavy (non-hydrogen) atoms. The van der Waals surface area contributed by atoms with E-state index in [-0.39, 0.29) is 19.8 Å². The number of nitrogens with zero attached hydrogens (tertiary/aromatic N) is 3. The minimum absolute atomic E-state index is 0.0998. The van der Waals surface area contributed by atoms with Crippen LogP contribution in [0.3, 0.4) is 0 Å². The third-order valence-electron chi connectivity index (χ3n) is 0.846. The maximum Gasteiger partial charge on any atom is 0.331 e. The summed E-state index contributed by atoms with van der Waals surface area (Å²) < 4.78 is 9.04. The molecule has 0 spiro atoms. The molecule has 0 aliphatic heterocycles. The minimum atomic E-state index is -0.439. The van der Waals surface area contributed by atoms with E-state index in [4.69, 9.17) is 10.3 Å². The van der Waals surface area contributed by atoms with Crippen LogP contribution in [0.5, 0.6) is 0 Å². The highest BCUT2D eigenvalue weighted by molar-refractivity contribution is 5.70. The van der Waals surface area contributed by atoms with Gasteiger partial charge in [-0.2, -0.15) is 0 Å². The Kier molecular flexibility index (Phi) is 6.07. The topological polar surface area (TPSA) is 84.3 Å². The molecule has 0 saturated carbocycles. The van der Waals surface area contributed by atoms with Crippen LogP contribution in [0, 0.1) is 0 Å². The van der Waals surface area contributed by atoms with Crippen molar-refractivity contribution < 1.29 is 14.3 Å². The summed E-state index contributed by atoms with van der Waals surface area (Å²) in [6, 6.07) is 0. The number of hydrogen-bond donors (Lipinski definition) is 0. The van der Waals surface area contributed by atoms with E-state index in [1.165, 1.54) is 7.11 Å². The highest BCUT2D eigenvalue weighted by Gasteiger charge is 1.97. The minimum Gasteiger partial charge on any atom is -0.467 e. The molecule has 0 aromatic carbocycles. The summed E-state index contributed by atoms with van der Waals surface area (Å²) in [7, 11) is 1.28. The molecule has 0 amide bonds. The summed E-state index contributed by atoms with van der Waals surface area (Å²) in [6.45, 7) is 0.365. The van der Waals surface area contributed by atoms with Crippen LogP contribution in [-0.4, -0.2) is 32.8 Å². The second kappa shape index (κ2) is 6.85. The molecule has 0 unspecified atom stereocenters. The van der Waals surface area contributed by atoms with Gasteiger partial charge in [-0.1, -0.05) is 5.11 Å². The molecular weight excluding hydrogens is 150 g/mol. The molecule has 0 radical (unpaired) electrons. The third-order valence-corrected chi connectivity index (χ3v) is 0.846. The summed E-state index contributed by atoms with van der Waals surface area (Å²) >= 11 is 0. The fourth-order valence-electron chi connectivity index (χ4n) is 0.365. The van der Waals surface area contributed by atoms with Gasteiger partial charge in [-0.05, 0) is 5.53 Å². The van der Waals surface area contributed by atoms with Crippen LogP contribution < -0.4 is 0 Å². The first kappa shape index (κ1) is 9.74. The van der Waals surface area contributed by atoms with Crippen LogP contribution in [0.15, 0.2) is 5.11 Å². The Bertz CT molecular complexity index is 164. The van der Waals surface area contributed by atoms with Gasteiger partial charge in [0.1, 0.15) is 6.61 Å². The number of methoxy groups -OCH3 is 1. The molecule has 0 fully saturated rings. The van der Waals surface area contributed by atoms with Gasteiger partial charge in [0.25, 0.3) is 0 Å². The Morgan fingerprint density at radius 1 is 1.73 bits per heavy atom. The van der Waals surface area contributed by atoms with E-state index in [2.05, 4.69) is 14.8 Å². The van der Waals surface area contributed by atoms with Gasteiger partial charge < -0.3 is 9.47 Å². The molecule has 62 valence electrons. The van der Waals surface area contributed by atoms with Crippen LogP contribution in [0.2, 0.25) is 0 Å². The fourth-order valence-corrected chi connectivity index (χ4v) is 0.365. The zero-order chi connectivity index (χ0) is 8.53. The van der Waals surface area contributed by atoms with Crippen LogP contribution in [0.25, 0.3) is 10.4 Å². The van der Waals surface area contributed by atoms with E-state index in [1.807, 2.05) is 0 Å². The fraction of sp³-hybridized carbons (Fsp3) is 0.800. The smallest absolute Gasteiger partial charge is 0.331 e. The predicted molar refractivity (Wildman–Crippen MR) is 36.8 cm³/mol. The average Bonchev–Trinajstić information content (AvgIpc) is 2.04. The van der Waals surface area contributed by atoms with Gasteiger partial charge in [0, 0.05) is 11.5 Å². The SMILES string of the molecule is COC(=O)COCCN=[N+]=[N-]. The molecular formula is C5H9N3O3. The van der Waals surface area contributed by atoms with Crippen molar-refractivity contribution in [3.63, 3.8) is 0 Å². The first-order valence-electron chi connectivity index (χ1n) is 2.96. The Morgan fingerprint density at radius 3 is 3.00 bits per heavy atom. The van der Waals surface area contributed by atoms with Crippen molar-refractivity contribution in [2.45, 2.75) is 0 Å². The van der Waals surface area contributed by atoms with Crippen LogP contribution in [0.1, 0.15) is 0 Å². The van der Waals surface area contributed by atoms with E-state index >= 15 is 0 Å². The second-order valence-corrected chi connectivity index (χ2v) is 1.58. The van der Waals surface area contributed by atoms with E-state index in [9.17, 15) is 4.79 Å². The maximum absolute atomic E-state index is 10.4. The number of rotatable bonds is 5. The quantitative estimate of drug-likeness (QED) is 0.192. The van der Waals surface area contributed by atoms with Crippen LogP contribution in [-0.2, 0) is 14.3 Å².